The molecule has 1 unspecified atom stereocenters. The summed E-state index contributed by atoms with van der Waals surface area (Å²) in [6.45, 7) is 5.38. The molecule has 1 aromatic carbocycles. The highest BCUT2D eigenvalue weighted by Gasteiger charge is 2.38. The summed E-state index contributed by atoms with van der Waals surface area (Å²) in [5, 5.41) is 3.69. The predicted molar refractivity (Wildman–Crippen MR) is 120 cm³/mol. The summed E-state index contributed by atoms with van der Waals surface area (Å²) in [5.74, 6) is 0.487. The van der Waals surface area contributed by atoms with E-state index in [-0.39, 0.29) is 21.9 Å². The lowest BCUT2D eigenvalue weighted by Gasteiger charge is -2.25. The van der Waals surface area contributed by atoms with Crippen LogP contribution in [0.3, 0.4) is 0 Å². The number of rotatable bonds is 4. The molecule has 1 aliphatic carbocycles. The van der Waals surface area contributed by atoms with Crippen molar-refractivity contribution in [2.45, 2.75) is 45.3 Å². The first-order chi connectivity index (χ1) is 14.7. The Morgan fingerprint density at radius 3 is 2.55 bits per heavy atom. The van der Waals surface area contributed by atoms with E-state index in [0.29, 0.717) is 22.1 Å². The smallest absolute Gasteiger partial charge is 0.408 e. The topological polar surface area (TPSA) is 86.1 Å². The molecule has 1 aliphatic rings. The molecule has 3 aromatic rings. The van der Waals surface area contributed by atoms with Crippen molar-refractivity contribution >= 4 is 40.2 Å². The molecule has 1 saturated carbocycles. The Morgan fingerprint density at radius 1 is 1.23 bits per heavy atom. The van der Waals surface area contributed by atoms with Crippen molar-refractivity contribution in [1.82, 2.24) is 19.9 Å². The van der Waals surface area contributed by atoms with Gasteiger partial charge in [-0.2, -0.15) is 0 Å². The summed E-state index contributed by atoms with van der Waals surface area (Å²) in [6, 6.07) is 6.11. The molecule has 4 rings (SSSR count). The summed E-state index contributed by atoms with van der Waals surface area (Å²) < 4.78 is 6.89. The molecule has 9 heteroatoms. The second-order valence-corrected chi connectivity index (χ2v) is 9.35. The van der Waals surface area contributed by atoms with E-state index in [2.05, 4.69) is 10.3 Å². The largest absolute Gasteiger partial charge is 0.444 e. The van der Waals surface area contributed by atoms with Crippen molar-refractivity contribution in [2.75, 3.05) is 0 Å². The minimum Gasteiger partial charge on any atom is -0.444 e. The van der Waals surface area contributed by atoms with E-state index in [1.807, 2.05) is 0 Å². The van der Waals surface area contributed by atoms with Gasteiger partial charge in [0.15, 0.2) is 0 Å². The van der Waals surface area contributed by atoms with Gasteiger partial charge in [0.2, 0.25) is 0 Å². The number of hydrogen-bond acceptors (Lipinski definition) is 5. The molecule has 0 saturated heterocycles. The average molecular weight is 461 g/mol. The van der Waals surface area contributed by atoms with Crippen molar-refractivity contribution in [3.05, 3.63) is 62.9 Å². The first kappa shape index (κ1) is 21.6. The van der Waals surface area contributed by atoms with E-state index in [0.717, 1.165) is 12.8 Å². The molecule has 2 aromatic heterocycles. The van der Waals surface area contributed by atoms with Crippen LogP contribution in [0.15, 0.2) is 41.5 Å². The number of aromatic nitrogens is 3. The highest BCUT2D eigenvalue weighted by molar-refractivity contribution is 6.39. The molecule has 0 aliphatic heterocycles. The Labute approximate surface area is 189 Å². The third-order valence-corrected chi connectivity index (χ3v) is 5.52. The molecule has 7 nitrogen and oxygen atoms in total. The predicted octanol–water partition coefficient (Wildman–Crippen LogP) is 5.06. The number of alkyl carbamates (subject to hydrolysis) is 1. The van der Waals surface area contributed by atoms with Crippen LogP contribution in [0.5, 0.6) is 0 Å². The molecule has 1 fully saturated rings. The number of nitrogens with one attached hydrogen (secondary N) is 1. The number of ether oxygens (including phenoxy) is 1. The lowest BCUT2D eigenvalue weighted by molar-refractivity contribution is 0.0493. The Balaban J connectivity index is 1.94. The van der Waals surface area contributed by atoms with Gasteiger partial charge in [-0.05, 0) is 63.8 Å². The molecule has 1 amide bonds. The Morgan fingerprint density at radius 2 is 1.94 bits per heavy atom. The summed E-state index contributed by atoms with van der Waals surface area (Å²) in [5.41, 5.74) is -0.220. The fraction of sp³-hybridized carbons (Fsp3) is 0.364. The van der Waals surface area contributed by atoms with Crippen molar-refractivity contribution in [3.8, 4) is 5.69 Å². The molecule has 1 atom stereocenters. The third kappa shape index (κ3) is 4.52. The SMILES string of the molecule is CC(C)(C)OC(=O)NC(c1nc2c(Cl)ccc(Cl)c2c(=O)n1-c1cccnc1)C1CC1. The summed E-state index contributed by atoms with van der Waals surface area (Å²) in [7, 11) is 0. The molecule has 0 spiro atoms. The molecular formula is C22H22Cl2N4O3. The highest BCUT2D eigenvalue weighted by atomic mass is 35.5. The van der Waals surface area contributed by atoms with Crippen LogP contribution < -0.4 is 10.9 Å². The fourth-order valence-electron chi connectivity index (χ4n) is 3.44. The number of amides is 1. The van der Waals surface area contributed by atoms with Gasteiger partial charge in [0.05, 0.1) is 38.9 Å². The lowest BCUT2D eigenvalue weighted by atomic mass is 10.1. The van der Waals surface area contributed by atoms with Gasteiger partial charge in [-0.1, -0.05) is 23.2 Å². The van der Waals surface area contributed by atoms with Crippen LogP contribution in [0.25, 0.3) is 16.6 Å². The number of carbonyl (C=O) groups is 1. The standard InChI is InChI=1S/C22H22Cl2N4O3/c1-22(2,3)31-21(30)27-17(12-6-7-12)19-26-18-15(24)9-8-14(23)16(18)20(29)28(19)13-5-4-10-25-11-13/h4-5,8-12,17H,6-7H2,1-3H3,(H,27,30). The number of hydrogen-bond donors (Lipinski definition) is 1. The van der Waals surface area contributed by atoms with E-state index in [4.69, 9.17) is 32.9 Å². The van der Waals surface area contributed by atoms with Gasteiger partial charge in [0.1, 0.15) is 11.4 Å². The Kier molecular flexibility index (Phi) is 5.66. The van der Waals surface area contributed by atoms with Crippen molar-refractivity contribution < 1.29 is 9.53 Å². The number of fused-ring (bicyclic) bond motifs is 1. The van der Waals surface area contributed by atoms with E-state index in [1.165, 1.54) is 4.57 Å². The number of pyridine rings is 1. The van der Waals surface area contributed by atoms with Crippen molar-refractivity contribution in [3.63, 3.8) is 0 Å². The zero-order chi connectivity index (χ0) is 22.3. The highest BCUT2D eigenvalue weighted by Crippen LogP contribution is 2.41. The van der Waals surface area contributed by atoms with Crippen LogP contribution in [-0.2, 0) is 4.74 Å². The first-order valence-electron chi connectivity index (χ1n) is 9.96. The fourth-order valence-corrected chi connectivity index (χ4v) is 3.87. The zero-order valence-corrected chi connectivity index (χ0v) is 18.9. The maximum absolute atomic E-state index is 13.6. The maximum atomic E-state index is 13.6. The van der Waals surface area contributed by atoms with Gasteiger partial charge in [0.25, 0.3) is 5.56 Å². The van der Waals surface area contributed by atoms with E-state index >= 15 is 0 Å². The van der Waals surface area contributed by atoms with Gasteiger partial charge in [-0.15, -0.1) is 0 Å². The minimum absolute atomic E-state index is 0.123. The second kappa shape index (κ2) is 8.13. The van der Waals surface area contributed by atoms with Gasteiger partial charge in [-0.25, -0.2) is 9.78 Å². The molecule has 2 heterocycles. The molecule has 162 valence electrons. The normalized spacial score (nSPS) is 15.0. The van der Waals surface area contributed by atoms with E-state index < -0.39 is 17.7 Å². The van der Waals surface area contributed by atoms with E-state index in [1.54, 1.807) is 57.4 Å². The number of benzene rings is 1. The average Bonchev–Trinajstić information content (AvgIpc) is 3.53. The van der Waals surface area contributed by atoms with Gasteiger partial charge >= 0.3 is 6.09 Å². The van der Waals surface area contributed by atoms with Crippen LogP contribution >= 0.6 is 23.2 Å². The molecule has 31 heavy (non-hydrogen) atoms. The van der Waals surface area contributed by atoms with E-state index in [9.17, 15) is 9.59 Å². The molecule has 0 radical (unpaired) electrons. The third-order valence-electron chi connectivity index (χ3n) is 4.90. The minimum atomic E-state index is -0.658. The van der Waals surface area contributed by atoms with Gasteiger partial charge < -0.3 is 10.1 Å². The maximum Gasteiger partial charge on any atom is 0.408 e. The van der Waals surface area contributed by atoms with Crippen molar-refractivity contribution in [1.29, 1.82) is 0 Å². The van der Waals surface area contributed by atoms with Crippen molar-refractivity contribution in [2.24, 2.45) is 5.92 Å². The Bertz CT molecular complexity index is 1200. The lowest BCUT2D eigenvalue weighted by Crippen LogP contribution is -2.39. The number of nitrogens with zero attached hydrogens (tertiary/aromatic N) is 3. The quantitative estimate of drug-likeness (QED) is 0.587. The molecule has 1 N–H and O–H groups in total. The van der Waals surface area contributed by atoms with Crippen LogP contribution in [0.4, 0.5) is 4.79 Å². The van der Waals surface area contributed by atoms with Crippen LogP contribution in [-0.4, -0.2) is 26.2 Å². The van der Waals surface area contributed by atoms with Crippen LogP contribution in [0, 0.1) is 5.92 Å². The van der Waals surface area contributed by atoms with Crippen LogP contribution in [0.2, 0.25) is 10.0 Å². The first-order valence-corrected chi connectivity index (χ1v) is 10.7. The zero-order valence-electron chi connectivity index (χ0n) is 17.4. The van der Waals surface area contributed by atoms with Gasteiger partial charge in [-0.3, -0.25) is 14.3 Å². The summed E-state index contributed by atoms with van der Waals surface area (Å²) in [4.78, 5) is 35.0. The number of halogens is 2. The molecular weight excluding hydrogens is 439 g/mol. The van der Waals surface area contributed by atoms with Crippen LogP contribution in [0.1, 0.15) is 45.5 Å². The second-order valence-electron chi connectivity index (χ2n) is 8.54. The summed E-state index contributed by atoms with van der Waals surface area (Å²) in [6.07, 6.45) is 4.39. The summed E-state index contributed by atoms with van der Waals surface area (Å²) >= 11 is 12.7. The Hall–Kier alpha value is -2.64. The monoisotopic (exact) mass is 460 g/mol. The van der Waals surface area contributed by atoms with Gasteiger partial charge in [0, 0.05) is 6.20 Å². The number of carbonyl (C=O) groups excluding carboxylic acids is 1. The molecule has 0 bridgehead atoms.